The van der Waals surface area contributed by atoms with Crippen LogP contribution < -0.4 is 10.1 Å². The SMILES string of the molecule is Cc1cc(NC(=O)[C@@](C)(O)COc2ccc(Br)cc2)ccc1Br. The molecule has 1 atom stereocenters. The molecule has 0 aromatic heterocycles. The Balaban J connectivity index is 1.98. The molecular weight excluding hydrogens is 426 g/mol. The smallest absolute Gasteiger partial charge is 0.259 e. The minimum atomic E-state index is -1.64. The molecule has 0 saturated heterocycles. The molecule has 23 heavy (non-hydrogen) atoms. The van der Waals surface area contributed by atoms with E-state index >= 15 is 0 Å². The number of nitrogens with one attached hydrogen (secondary N) is 1. The van der Waals surface area contributed by atoms with E-state index in [2.05, 4.69) is 37.2 Å². The van der Waals surface area contributed by atoms with Gasteiger partial charge in [0, 0.05) is 14.6 Å². The predicted molar refractivity (Wildman–Crippen MR) is 97.8 cm³/mol. The first-order valence-corrected chi connectivity index (χ1v) is 8.55. The van der Waals surface area contributed by atoms with Crippen LogP contribution in [0.4, 0.5) is 5.69 Å². The Morgan fingerprint density at radius 3 is 2.48 bits per heavy atom. The average molecular weight is 443 g/mol. The topological polar surface area (TPSA) is 58.6 Å². The number of rotatable bonds is 5. The number of benzene rings is 2. The highest BCUT2D eigenvalue weighted by molar-refractivity contribution is 9.10. The molecule has 0 spiro atoms. The Morgan fingerprint density at radius 1 is 1.22 bits per heavy atom. The molecule has 2 rings (SSSR count). The fourth-order valence-electron chi connectivity index (χ4n) is 1.81. The van der Waals surface area contributed by atoms with E-state index in [4.69, 9.17) is 4.74 Å². The average Bonchev–Trinajstić information content (AvgIpc) is 2.50. The molecule has 6 heteroatoms. The van der Waals surface area contributed by atoms with Gasteiger partial charge in [-0.2, -0.15) is 0 Å². The number of hydrogen-bond acceptors (Lipinski definition) is 3. The summed E-state index contributed by atoms with van der Waals surface area (Å²) in [7, 11) is 0. The summed E-state index contributed by atoms with van der Waals surface area (Å²) in [6, 6.07) is 12.6. The molecular formula is C17H17Br2NO3. The van der Waals surface area contributed by atoms with Crippen LogP contribution in [0.5, 0.6) is 5.75 Å². The monoisotopic (exact) mass is 441 g/mol. The molecule has 0 aliphatic carbocycles. The van der Waals surface area contributed by atoms with Crippen molar-refractivity contribution < 1.29 is 14.6 Å². The third kappa shape index (κ3) is 5.06. The maximum absolute atomic E-state index is 12.2. The second-order valence-corrected chi connectivity index (χ2v) is 7.20. The van der Waals surface area contributed by atoms with Gasteiger partial charge >= 0.3 is 0 Å². The third-order valence-corrected chi connectivity index (χ3v) is 4.66. The summed E-state index contributed by atoms with van der Waals surface area (Å²) in [6.07, 6.45) is 0. The second kappa shape index (κ2) is 7.47. The number of hydrogen-bond donors (Lipinski definition) is 2. The molecule has 0 heterocycles. The summed E-state index contributed by atoms with van der Waals surface area (Å²) in [5.74, 6) is 0.0668. The van der Waals surface area contributed by atoms with Crippen LogP contribution in [0.1, 0.15) is 12.5 Å². The Labute approximate surface area is 152 Å². The van der Waals surface area contributed by atoms with Gasteiger partial charge in [0.15, 0.2) is 5.60 Å². The minimum Gasteiger partial charge on any atom is -0.490 e. The van der Waals surface area contributed by atoms with E-state index in [0.29, 0.717) is 11.4 Å². The second-order valence-electron chi connectivity index (χ2n) is 5.43. The molecule has 2 N–H and O–H groups in total. The van der Waals surface area contributed by atoms with E-state index in [-0.39, 0.29) is 6.61 Å². The van der Waals surface area contributed by atoms with Crippen LogP contribution >= 0.6 is 31.9 Å². The summed E-state index contributed by atoms with van der Waals surface area (Å²) < 4.78 is 7.38. The highest BCUT2D eigenvalue weighted by Gasteiger charge is 2.31. The van der Waals surface area contributed by atoms with Gasteiger partial charge in [-0.05, 0) is 61.9 Å². The van der Waals surface area contributed by atoms with Crippen molar-refractivity contribution in [2.75, 3.05) is 11.9 Å². The molecule has 0 radical (unpaired) electrons. The number of ether oxygens (including phenoxy) is 1. The molecule has 0 aliphatic heterocycles. The van der Waals surface area contributed by atoms with Gasteiger partial charge in [-0.3, -0.25) is 4.79 Å². The number of aliphatic hydroxyl groups is 1. The molecule has 0 unspecified atom stereocenters. The van der Waals surface area contributed by atoms with Crippen molar-refractivity contribution in [3.63, 3.8) is 0 Å². The van der Waals surface area contributed by atoms with Crippen LogP contribution in [-0.4, -0.2) is 23.2 Å². The molecule has 2 aromatic rings. The minimum absolute atomic E-state index is 0.143. The first kappa shape index (κ1) is 18.0. The van der Waals surface area contributed by atoms with Crippen molar-refractivity contribution in [3.8, 4) is 5.75 Å². The van der Waals surface area contributed by atoms with Crippen molar-refractivity contribution in [3.05, 3.63) is 57.0 Å². The van der Waals surface area contributed by atoms with Gasteiger partial charge in [0.1, 0.15) is 12.4 Å². The Hall–Kier alpha value is -1.37. The van der Waals surface area contributed by atoms with Crippen LogP contribution in [-0.2, 0) is 4.79 Å². The lowest BCUT2D eigenvalue weighted by Crippen LogP contribution is -2.45. The van der Waals surface area contributed by atoms with Crippen LogP contribution in [0.25, 0.3) is 0 Å². The summed E-state index contributed by atoms with van der Waals surface area (Å²) in [6.45, 7) is 3.21. The molecule has 2 aromatic carbocycles. The van der Waals surface area contributed by atoms with Crippen LogP contribution in [0.2, 0.25) is 0 Å². The summed E-state index contributed by atoms with van der Waals surface area (Å²) in [5.41, 5.74) is -0.0261. The molecule has 0 bridgehead atoms. The Bertz CT molecular complexity index is 699. The number of aryl methyl sites for hydroxylation is 1. The fraction of sp³-hybridized carbons (Fsp3) is 0.235. The maximum Gasteiger partial charge on any atom is 0.259 e. The molecule has 0 fully saturated rings. The molecule has 0 aliphatic rings. The third-order valence-electron chi connectivity index (χ3n) is 3.24. The van der Waals surface area contributed by atoms with E-state index in [0.717, 1.165) is 14.5 Å². The van der Waals surface area contributed by atoms with Gasteiger partial charge in [0.2, 0.25) is 0 Å². The van der Waals surface area contributed by atoms with Crippen molar-refractivity contribution in [2.24, 2.45) is 0 Å². The zero-order valence-corrected chi connectivity index (χ0v) is 15.9. The highest BCUT2D eigenvalue weighted by atomic mass is 79.9. The van der Waals surface area contributed by atoms with Gasteiger partial charge < -0.3 is 15.2 Å². The van der Waals surface area contributed by atoms with E-state index in [1.165, 1.54) is 6.92 Å². The van der Waals surface area contributed by atoms with Crippen molar-refractivity contribution >= 4 is 43.5 Å². The van der Waals surface area contributed by atoms with E-state index in [1.54, 1.807) is 18.2 Å². The number of carbonyl (C=O) groups is 1. The lowest BCUT2D eigenvalue weighted by atomic mass is 10.1. The zero-order valence-electron chi connectivity index (χ0n) is 12.8. The predicted octanol–water partition coefficient (Wildman–Crippen LogP) is 4.29. The molecule has 0 saturated carbocycles. The zero-order chi connectivity index (χ0) is 17.0. The van der Waals surface area contributed by atoms with Gasteiger partial charge in [0.05, 0.1) is 0 Å². The first-order chi connectivity index (χ1) is 10.8. The molecule has 1 amide bonds. The van der Waals surface area contributed by atoms with E-state index < -0.39 is 11.5 Å². The normalized spacial score (nSPS) is 13.3. The van der Waals surface area contributed by atoms with Gasteiger partial charge in [-0.15, -0.1) is 0 Å². The summed E-state index contributed by atoms with van der Waals surface area (Å²) >= 11 is 6.74. The van der Waals surface area contributed by atoms with Gasteiger partial charge in [-0.1, -0.05) is 31.9 Å². The number of carbonyl (C=O) groups excluding carboxylic acids is 1. The van der Waals surface area contributed by atoms with E-state index in [1.807, 2.05) is 31.2 Å². The van der Waals surface area contributed by atoms with Crippen molar-refractivity contribution in [2.45, 2.75) is 19.4 Å². The highest BCUT2D eigenvalue weighted by Crippen LogP contribution is 2.22. The van der Waals surface area contributed by atoms with Gasteiger partial charge in [-0.25, -0.2) is 0 Å². The maximum atomic E-state index is 12.2. The van der Waals surface area contributed by atoms with Crippen molar-refractivity contribution in [1.82, 2.24) is 0 Å². The van der Waals surface area contributed by atoms with Crippen molar-refractivity contribution in [1.29, 1.82) is 0 Å². The Morgan fingerprint density at radius 2 is 1.87 bits per heavy atom. The number of anilines is 1. The lowest BCUT2D eigenvalue weighted by Gasteiger charge is -2.22. The lowest BCUT2D eigenvalue weighted by molar-refractivity contribution is -0.135. The van der Waals surface area contributed by atoms with Crippen LogP contribution in [0, 0.1) is 6.92 Å². The van der Waals surface area contributed by atoms with Crippen LogP contribution in [0.15, 0.2) is 51.4 Å². The van der Waals surface area contributed by atoms with E-state index in [9.17, 15) is 9.90 Å². The summed E-state index contributed by atoms with van der Waals surface area (Å²) in [5, 5.41) is 13.0. The molecule has 122 valence electrons. The fourth-order valence-corrected chi connectivity index (χ4v) is 2.32. The van der Waals surface area contributed by atoms with Crippen LogP contribution in [0.3, 0.4) is 0 Å². The quantitative estimate of drug-likeness (QED) is 0.726. The molecule has 4 nitrogen and oxygen atoms in total. The summed E-state index contributed by atoms with van der Waals surface area (Å²) in [4.78, 5) is 12.2. The number of halogens is 2. The van der Waals surface area contributed by atoms with Gasteiger partial charge in [0.25, 0.3) is 5.91 Å². The standard InChI is InChI=1S/C17H17Br2NO3/c1-11-9-13(5-8-15(11)19)20-16(21)17(2,22)10-23-14-6-3-12(18)4-7-14/h3-9,22H,10H2,1-2H3,(H,20,21)/t17-/m0/s1. The largest absolute Gasteiger partial charge is 0.490 e. The number of amides is 1. The first-order valence-electron chi connectivity index (χ1n) is 6.96. The Kier molecular flexibility index (Phi) is 5.84.